The van der Waals surface area contributed by atoms with Crippen molar-refractivity contribution >= 4 is 43.2 Å². The van der Waals surface area contributed by atoms with Gasteiger partial charge in [0.1, 0.15) is 0 Å². The average molecular weight is 549 g/mol. The van der Waals surface area contributed by atoms with Crippen molar-refractivity contribution in [2.24, 2.45) is 17.3 Å². The predicted octanol–water partition coefficient (Wildman–Crippen LogP) is 7.31. The topological polar surface area (TPSA) is 75.3 Å². The van der Waals surface area contributed by atoms with E-state index in [0.717, 1.165) is 39.2 Å². The normalized spacial score (nSPS) is 20.2. The third kappa shape index (κ3) is 5.01. The molecule has 0 saturated heterocycles. The highest BCUT2D eigenvalue weighted by atomic mass is 32.2. The maximum Gasteiger partial charge on any atom is 0.241 e. The van der Waals surface area contributed by atoms with E-state index in [2.05, 4.69) is 17.0 Å². The van der Waals surface area contributed by atoms with Crippen LogP contribution in [0.15, 0.2) is 120 Å². The van der Waals surface area contributed by atoms with Crippen LogP contribution in [-0.4, -0.2) is 14.3 Å². The molecule has 1 saturated carbocycles. The number of benzene rings is 5. The van der Waals surface area contributed by atoms with Gasteiger partial charge in [0.2, 0.25) is 15.9 Å². The molecule has 1 aliphatic carbocycles. The molecule has 5 nitrogen and oxygen atoms in total. The molecule has 5 aromatic carbocycles. The molecule has 1 aliphatic rings. The van der Waals surface area contributed by atoms with Crippen LogP contribution in [0.2, 0.25) is 0 Å². The second-order valence-electron chi connectivity index (χ2n) is 11.1. The lowest BCUT2D eigenvalue weighted by Gasteiger charge is -2.28. The molecule has 0 aromatic heterocycles. The summed E-state index contributed by atoms with van der Waals surface area (Å²) >= 11 is 0. The highest BCUT2D eigenvalue weighted by Gasteiger charge is 2.59. The van der Waals surface area contributed by atoms with Gasteiger partial charge in [-0.2, -0.15) is 0 Å². The Morgan fingerprint density at radius 2 is 1.35 bits per heavy atom. The van der Waals surface area contributed by atoms with E-state index >= 15 is 0 Å². The van der Waals surface area contributed by atoms with E-state index in [1.54, 1.807) is 12.1 Å². The number of rotatable bonds is 8. The average Bonchev–Trinajstić information content (AvgIpc) is 3.67. The highest BCUT2D eigenvalue weighted by Crippen LogP contribution is 2.63. The number of nitrogens with one attached hydrogen (secondary N) is 2. The third-order valence-corrected chi connectivity index (χ3v) is 9.90. The molecule has 5 aromatic rings. The number of sulfonamides is 1. The van der Waals surface area contributed by atoms with Gasteiger partial charge < -0.3 is 5.32 Å². The molecule has 0 aliphatic heterocycles. The molecular weight excluding hydrogens is 516 g/mol. The van der Waals surface area contributed by atoms with E-state index < -0.39 is 21.5 Å². The monoisotopic (exact) mass is 548 g/mol. The predicted molar refractivity (Wildman–Crippen MR) is 161 cm³/mol. The van der Waals surface area contributed by atoms with E-state index in [9.17, 15) is 13.2 Å². The Bertz CT molecular complexity index is 1820. The lowest BCUT2D eigenvalue weighted by molar-refractivity contribution is -0.120. The fraction of sp³-hybridized carbons (Fsp3) is 0.206. The molecule has 0 bridgehead atoms. The number of hydrogen-bond acceptors (Lipinski definition) is 3. The Morgan fingerprint density at radius 3 is 2.02 bits per heavy atom. The highest BCUT2D eigenvalue weighted by molar-refractivity contribution is 7.89. The van der Waals surface area contributed by atoms with Gasteiger partial charge in [0.15, 0.2) is 0 Å². The summed E-state index contributed by atoms with van der Waals surface area (Å²) in [4.78, 5) is 13.6. The van der Waals surface area contributed by atoms with Gasteiger partial charge in [-0.1, -0.05) is 105 Å². The number of anilines is 1. The summed E-state index contributed by atoms with van der Waals surface area (Å²) in [6, 6.07) is 36.1. The van der Waals surface area contributed by atoms with Gasteiger partial charge in [0.25, 0.3) is 0 Å². The minimum Gasteiger partial charge on any atom is -0.326 e. The lowest BCUT2D eigenvalue weighted by Crippen LogP contribution is -2.35. The van der Waals surface area contributed by atoms with Gasteiger partial charge in [-0.05, 0) is 69.1 Å². The zero-order valence-corrected chi connectivity index (χ0v) is 23.4. The van der Waals surface area contributed by atoms with Crippen LogP contribution in [-0.2, 0) is 14.8 Å². The first-order valence-electron chi connectivity index (χ1n) is 13.6. The van der Waals surface area contributed by atoms with Crippen molar-refractivity contribution < 1.29 is 13.2 Å². The van der Waals surface area contributed by atoms with E-state index in [1.807, 2.05) is 110 Å². The molecule has 202 valence electrons. The van der Waals surface area contributed by atoms with Crippen molar-refractivity contribution in [2.75, 3.05) is 5.32 Å². The first-order valence-corrected chi connectivity index (χ1v) is 15.1. The Labute approximate surface area is 235 Å². The molecule has 0 spiro atoms. The van der Waals surface area contributed by atoms with E-state index in [-0.39, 0.29) is 22.6 Å². The van der Waals surface area contributed by atoms with Crippen molar-refractivity contribution in [2.45, 2.75) is 31.2 Å². The standard InChI is InChI=1S/C34H32N2O3S/c1-23(33(37)35-29-18-16-24-10-6-8-14-27(24)20-29)31-22-34(31,2)32(26-12-4-3-5-13-26)36-40(38,39)30-19-17-25-11-7-9-15-28(25)21-30/h3-21,23,31-32,36H,22H2,1-2H3,(H,35,37)/t23-,31+,32+,34-/m1/s1. The van der Waals surface area contributed by atoms with Crippen molar-refractivity contribution in [3.63, 3.8) is 0 Å². The largest absolute Gasteiger partial charge is 0.326 e. The van der Waals surface area contributed by atoms with Gasteiger partial charge in [-0.15, -0.1) is 0 Å². The fourth-order valence-electron chi connectivity index (χ4n) is 5.99. The van der Waals surface area contributed by atoms with Crippen molar-refractivity contribution in [1.82, 2.24) is 4.72 Å². The summed E-state index contributed by atoms with van der Waals surface area (Å²) in [7, 11) is -3.83. The summed E-state index contributed by atoms with van der Waals surface area (Å²) in [6.07, 6.45) is 0.735. The van der Waals surface area contributed by atoms with Crippen LogP contribution in [0.25, 0.3) is 21.5 Å². The summed E-state index contributed by atoms with van der Waals surface area (Å²) in [5.74, 6) is -0.349. The fourth-order valence-corrected chi connectivity index (χ4v) is 7.37. The first-order chi connectivity index (χ1) is 19.2. The maximum absolute atomic E-state index is 13.7. The Hall–Kier alpha value is -4.00. The van der Waals surface area contributed by atoms with Crippen molar-refractivity contribution in [1.29, 1.82) is 0 Å². The minimum absolute atomic E-state index is 0.0115. The van der Waals surface area contributed by atoms with Gasteiger partial charge in [-0.25, -0.2) is 13.1 Å². The number of carbonyl (C=O) groups is 1. The Balaban J connectivity index is 1.25. The van der Waals surface area contributed by atoms with Crippen LogP contribution in [0.5, 0.6) is 0 Å². The van der Waals surface area contributed by atoms with Crippen LogP contribution >= 0.6 is 0 Å². The van der Waals surface area contributed by atoms with E-state index in [0.29, 0.717) is 0 Å². The van der Waals surface area contributed by atoms with E-state index in [4.69, 9.17) is 0 Å². The zero-order valence-electron chi connectivity index (χ0n) is 22.5. The summed E-state index contributed by atoms with van der Waals surface area (Å²) in [5, 5.41) is 7.13. The smallest absolute Gasteiger partial charge is 0.241 e. The van der Waals surface area contributed by atoms with Crippen LogP contribution in [0, 0.1) is 17.3 Å². The molecule has 0 unspecified atom stereocenters. The number of hydrogen-bond donors (Lipinski definition) is 2. The van der Waals surface area contributed by atoms with Gasteiger partial charge in [0.05, 0.1) is 10.9 Å². The van der Waals surface area contributed by atoms with Crippen molar-refractivity contribution in [3.05, 3.63) is 121 Å². The van der Waals surface area contributed by atoms with Crippen LogP contribution in [0.1, 0.15) is 31.9 Å². The number of carbonyl (C=O) groups excluding carboxylic acids is 1. The first kappa shape index (κ1) is 26.2. The zero-order chi connectivity index (χ0) is 27.9. The van der Waals surface area contributed by atoms with Crippen LogP contribution in [0.3, 0.4) is 0 Å². The number of amides is 1. The number of fused-ring (bicyclic) bond motifs is 2. The molecular formula is C34H32N2O3S. The summed E-state index contributed by atoms with van der Waals surface area (Å²) in [6.45, 7) is 4.02. The molecule has 6 heteroatoms. The second kappa shape index (κ2) is 10.2. The Kier molecular flexibility index (Phi) is 6.69. The molecule has 2 N–H and O–H groups in total. The molecule has 4 atom stereocenters. The third-order valence-electron chi connectivity index (χ3n) is 8.48. The molecule has 0 heterocycles. The lowest BCUT2D eigenvalue weighted by atomic mass is 9.86. The Morgan fingerprint density at radius 1 is 0.775 bits per heavy atom. The second-order valence-corrected chi connectivity index (χ2v) is 12.8. The van der Waals surface area contributed by atoms with Crippen LogP contribution in [0.4, 0.5) is 5.69 Å². The van der Waals surface area contributed by atoms with Crippen molar-refractivity contribution in [3.8, 4) is 0 Å². The quantitative estimate of drug-likeness (QED) is 0.213. The van der Waals surface area contributed by atoms with Gasteiger partial charge in [0, 0.05) is 11.6 Å². The van der Waals surface area contributed by atoms with E-state index in [1.165, 1.54) is 0 Å². The summed E-state index contributed by atoms with van der Waals surface area (Å²) in [5.41, 5.74) is 1.22. The van der Waals surface area contributed by atoms with Crippen LogP contribution < -0.4 is 10.0 Å². The summed E-state index contributed by atoms with van der Waals surface area (Å²) < 4.78 is 30.4. The molecule has 1 fully saturated rings. The van der Waals surface area contributed by atoms with Gasteiger partial charge in [-0.3, -0.25) is 4.79 Å². The molecule has 40 heavy (non-hydrogen) atoms. The molecule has 1 amide bonds. The molecule has 0 radical (unpaired) electrons. The maximum atomic E-state index is 13.7. The SMILES string of the molecule is C[C@@H](C(=O)Nc1ccc2ccccc2c1)[C@@H]1C[C@@]1(C)[C@@H](NS(=O)(=O)c1ccc2ccccc2c1)c1ccccc1. The minimum atomic E-state index is -3.83. The van der Waals surface area contributed by atoms with Gasteiger partial charge >= 0.3 is 0 Å². The molecule has 6 rings (SSSR count).